The number of halogens is 1. The predicted octanol–water partition coefficient (Wildman–Crippen LogP) is 3.17. The molecule has 19 heavy (non-hydrogen) atoms. The summed E-state index contributed by atoms with van der Waals surface area (Å²) in [4.78, 5) is 8.76. The maximum Gasteiger partial charge on any atom is 0.180 e. The molecule has 0 bridgehead atoms. The van der Waals surface area contributed by atoms with Crippen molar-refractivity contribution in [1.82, 2.24) is 14.4 Å². The van der Waals surface area contributed by atoms with Crippen LogP contribution < -0.4 is 10.6 Å². The maximum atomic E-state index is 5.87. The molecule has 0 aliphatic carbocycles. The molecule has 0 aliphatic rings. The van der Waals surface area contributed by atoms with Crippen LogP contribution in [0.5, 0.6) is 0 Å². The SMILES string of the molecule is CNc1cn2ccnc2c(Nc2ccc(Cl)cc2)n1. The fourth-order valence-electron chi connectivity index (χ4n) is 1.81. The van der Waals surface area contributed by atoms with Gasteiger partial charge in [-0.2, -0.15) is 0 Å². The van der Waals surface area contributed by atoms with Crippen LogP contribution in [0, 0.1) is 0 Å². The minimum absolute atomic E-state index is 0.694. The Morgan fingerprint density at radius 2 is 2.00 bits per heavy atom. The molecule has 0 fully saturated rings. The van der Waals surface area contributed by atoms with Gasteiger partial charge in [-0.25, -0.2) is 9.97 Å². The van der Waals surface area contributed by atoms with Crippen molar-refractivity contribution in [3.05, 3.63) is 47.9 Å². The van der Waals surface area contributed by atoms with Crippen molar-refractivity contribution in [3.63, 3.8) is 0 Å². The fourth-order valence-corrected chi connectivity index (χ4v) is 1.93. The lowest BCUT2D eigenvalue weighted by molar-refractivity contribution is 1.12. The number of hydrogen-bond donors (Lipinski definition) is 2. The topological polar surface area (TPSA) is 54.2 Å². The number of benzene rings is 1. The van der Waals surface area contributed by atoms with Gasteiger partial charge in [0.25, 0.3) is 0 Å². The molecule has 0 radical (unpaired) electrons. The molecule has 3 aromatic rings. The average molecular weight is 274 g/mol. The smallest absolute Gasteiger partial charge is 0.180 e. The van der Waals surface area contributed by atoms with Crippen molar-refractivity contribution in [2.24, 2.45) is 0 Å². The largest absolute Gasteiger partial charge is 0.372 e. The van der Waals surface area contributed by atoms with Crippen LogP contribution in [0.4, 0.5) is 17.3 Å². The highest BCUT2D eigenvalue weighted by molar-refractivity contribution is 6.30. The molecule has 0 unspecified atom stereocenters. The number of aromatic nitrogens is 3. The van der Waals surface area contributed by atoms with Crippen LogP contribution in [0.2, 0.25) is 5.02 Å². The summed E-state index contributed by atoms with van der Waals surface area (Å²) in [6.07, 6.45) is 5.50. The fraction of sp³-hybridized carbons (Fsp3) is 0.0769. The van der Waals surface area contributed by atoms with E-state index >= 15 is 0 Å². The lowest BCUT2D eigenvalue weighted by Crippen LogP contribution is -2.02. The van der Waals surface area contributed by atoms with Gasteiger partial charge in [0.1, 0.15) is 5.82 Å². The first kappa shape index (κ1) is 11.8. The van der Waals surface area contributed by atoms with E-state index in [1.165, 1.54) is 0 Å². The summed E-state index contributed by atoms with van der Waals surface area (Å²) >= 11 is 5.87. The Balaban J connectivity index is 2.03. The number of rotatable bonds is 3. The average Bonchev–Trinajstić information content (AvgIpc) is 2.89. The lowest BCUT2D eigenvalue weighted by atomic mass is 10.3. The second-order valence-corrected chi connectivity index (χ2v) is 4.45. The zero-order valence-corrected chi connectivity index (χ0v) is 11.0. The van der Waals surface area contributed by atoms with Crippen molar-refractivity contribution >= 4 is 34.6 Å². The van der Waals surface area contributed by atoms with Crippen LogP contribution in [0.1, 0.15) is 0 Å². The highest BCUT2D eigenvalue weighted by atomic mass is 35.5. The highest BCUT2D eigenvalue weighted by Gasteiger charge is 2.07. The minimum atomic E-state index is 0.694. The normalized spacial score (nSPS) is 10.6. The van der Waals surface area contributed by atoms with Crippen molar-refractivity contribution < 1.29 is 0 Å². The summed E-state index contributed by atoms with van der Waals surface area (Å²) in [6.45, 7) is 0. The van der Waals surface area contributed by atoms with Gasteiger partial charge in [-0.1, -0.05) is 11.6 Å². The molecule has 0 aliphatic heterocycles. The molecule has 96 valence electrons. The number of nitrogens with one attached hydrogen (secondary N) is 2. The van der Waals surface area contributed by atoms with Gasteiger partial charge in [-0.05, 0) is 24.3 Å². The van der Waals surface area contributed by atoms with E-state index < -0.39 is 0 Å². The van der Waals surface area contributed by atoms with E-state index in [-0.39, 0.29) is 0 Å². The number of anilines is 3. The van der Waals surface area contributed by atoms with Crippen LogP contribution in [0.15, 0.2) is 42.9 Å². The van der Waals surface area contributed by atoms with E-state index in [2.05, 4.69) is 20.6 Å². The summed E-state index contributed by atoms with van der Waals surface area (Å²) in [5.41, 5.74) is 1.68. The van der Waals surface area contributed by atoms with Crippen LogP contribution in [-0.2, 0) is 0 Å². The molecule has 0 atom stereocenters. The Hall–Kier alpha value is -2.27. The molecule has 0 amide bonds. The molecule has 1 aromatic carbocycles. The van der Waals surface area contributed by atoms with E-state index in [1.54, 1.807) is 6.20 Å². The molecule has 0 saturated heterocycles. The highest BCUT2D eigenvalue weighted by Crippen LogP contribution is 2.22. The number of nitrogens with zero attached hydrogens (tertiary/aromatic N) is 3. The van der Waals surface area contributed by atoms with Crippen LogP contribution >= 0.6 is 11.6 Å². The summed E-state index contributed by atoms with van der Waals surface area (Å²) in [6, 6.07) is 7.45. The first-order valence-corrected chi connectivity index (χ1v) is 6.18. The maximum absolute atomic E-state index is 5.87. The zero-order valence-electron chi connectivity index (χ0n) is 10.3. The Bertz CT molecular complexity index is 705. The number of fused-ring (bicyclic) bond motifs is 1. The molecule has 2 heterocycles. The Labute approximate surface area is 115 Å². The van der Waals surface area contributed by atoms with Gasteiger partial charge in [-0.3, -0.25) is 0 Å². The molecular formula is C13H12ClN5. The van der Waals surface area contributed by atoms with Gasteiger partial charge < -0.3 is 15.0 Å². The van der Waals surface area contributed by atoms with Crippen molar-refractivity contribution in [2.75, 3.05) is 17.7 Å². The first-order chi connectivity index (χ1) is 9.26. The van der Waals surface area contributed by atoms with E-state index in [1.807, 2.05) is 48.1 Å². The van der Waals surface area contributed by atoms with Gasteiger partial charge in [0.2, 0.25) is 0 Å². The molecule has 0 saturated carbocycles. The summed E-state index contributed by atoms with van der Waals surface area (Å²) in [5.74, 6) is 1.46. The van der Waals surface area contributed by atoms with Crippen molar-refractivity contribution in [3.8, 4) is 0 Å². The summed E-state index contributed by atoms with van der Waals surface area (Å²) in [7, 11) is 1.83. The van der Waals surface area contributed by atoms with Crippen LogP contribution in [-0.4, -0.2) is 21.4 Å². The minimum Gasteiger partial charge on any atom is -0.372 e. The monoisotopic (exact) mass is 273 g/mol. The van der Waals surface area contributed by atoms with Gasteiger partial charge in [-0.15, -0.1) is 0 Å². The van der Waals surface area contributed by atoms with Crippen LogP contribution in [0.3, 0.4) is 0 Å². The van der Waals surface area contributed by atoms with Crippen LogP contribution in [0.25, 0.3) is 5.65 Å². The second kappa shape index (κ2) is 4.78. The van der Waals surface area contributed by atoms with Gasteiger partial charge in [0.05, 0.1) is 6.20 Å². The molecule has 2 N–H and O–H groups in total. The summed E-state index contributed by atoms with van der Waals surface area (Å²) in [5, 5.41) is 6.97. The Kier molecular flexibility index (Phi) is 2.97. The molecule has 5 nitrogen and oxygen atoms in total. The Morgan fingerprint density at radius 3 is 2.74 bits per heavy atom. The van der Waals surface area contributed by atoms with Crippen molar-refractivity contribution in [2.45, 2.75) is 0 Å². The van der Waals surface area contributed by atoms with E-state index in [0.717, 1.165) is 17.2 Å². The second-order valence-electron chi connectivity index (χ2n) is 4.01. The molecule has 3 rings (SSSR count). The number of hydrogen-bond acceptors (Lipinski definition) is 4. The third-order valence-electron chi connectivity index (χ3n) is 2.74. The third-order valence-corrected chi connectivity index (χ3v) is 2.99. The number of imidazole rings is 1. The standard InChI is InChI=1S/C13H12ClN5/c1-15-11-8-19-7-6-16-13(19)12(18-11)17-10-4-2-9(14)3-5-10/h2-8,15H,1H3,(H,17,18). The third kappa shape index (κ3) is 2.32. The first-order valence-electron chi connectivity index (χ1n) is 5.80. The van der Waals surface area contributed by atoms with Gasteiger partial charge in [0.15, 0.2) is 11.5 Å². The van der Waals surface area contributed by atoms with E-state index in [9.17, 15) is 0 Å². The zero-order chi connectivity index (χ0) is 13.2. The molecular weight excluding hydrogens is 262 g/mol. The van der Waals surface area contributed by atoms with E-state index in [0.29, 0.717) is 10.8 Å². The van der Waals surface area contributed by atoms with Gasteiger partial charge in [0, 0.05) is 30.2 Å². The molecule has 2 aromatic heterocycles. The van der Waals surface area contributed by atoms with Gasteiger partial charge >= 0.3 is 0 Å². The molecule has 0 spiro atoms. The molecule has 6 heteroatoms. The lowest BCUT2D eigenvalue weighted by Gasteiger charge is -2.09. The van der Waals surface area contributed by atoms with E-state index in [4.69, 9.17) is 11.6 Å². The summed E-state index contributed by atoms with van der Waals surface area (Å²) < 4.78 is 1.91. The van der Waals surface area contributed by atoms with Crippen molar-refractivity contribution in [1.29, 1.82) is 0 Å². The predicted molar refractivity (Wildman–Crippen MR) is 77.3 cm³/mol. The quantitative estimate of drug-likeness (QED) is 0.770. The Morgan fingerprint density at radius 1 is 1.21 bits per heavy atom.